The average Bonchev–Trinajstić information content (AvgIpc) is 2.43. The summed E-state index contributed by atoms with van der Waals surface area (Å²) in [5.74, 6) is 1.49. The zero-order valence-electron chi connectivity index (χ0n) is 13.4. The number of rotatable bonds is 7. The summed E-state index contributed by atoms with van der Waals surface area (Å²) in [6.07, 6.45) is 0. The highest BCUT2D eigenvalue weighted by molar-refractivity contribution is 8.01. The fourth-order valence-corrected chi connectivity index (χ4v) is 2.19. The quantitative estimate of drug-likeness (QED) is 0.719. The monoisotopic (exact) mass is 312 g/mol. The number of hydrogen-bond donors (Lipinski definition) is 0. The standard InChI is InChI=1S/C16H24O4S/c1-6-19-13-8-7-12(9-14(13)18-5)10-20-15(17)11-21-16(2,3)4/h7-9H,6,10-11H2,1-5H3. The Morgan fingerprint density at radius 1 is 1.24 bits per heavy atom. The van der Waals surface area contributed by atoms with Gasteiger partial charge in [-0.3, -0.25) is 4.79 Å². The predicted octanol–water partition coefficient (Wildman–Crippen LogP) is 3.67. The molecule has 1 aromatic carbocycles. The van der Waals surface area contributed by atoms with Gasteiger partial charge in [0.1, 0.15) is 6.61 Å². The van der Waals surface area contributed by atoms with Crippen LogP contribution in [0.3, 0.4) is 0 Å². The molecule has 0 saturated carbocycles. The summed E-state index contributed by atoms with van der Waals surface area (Å²) < 4.78 is 16.0. The van der Waals surface area contributed by atoms with Gasteiger partial charge in [-0.2, -0.15) is 0 Å². The van der Waals surface area contributed by atoms with Gasteiger partial charge in [0.05, 0.1) is 19.5 Å². The summed E-state index contributed by atoms with van der Waals surface area (Å²) in [5.41, 5.74) is 0.879. The normalized spacial score (nSPS) is 11.1. The maximum Gasteiger partial charge on any atom is 0.316 e. The smallest absolute Gasteiger partial charge is 0.316 e. The van der Waals surface area contributed by atoms with Crippen LogP contribution in [0.1, 0.15) is 33.3 Å². The van der Waals surface area contributed by atoms with Gasteiger partial charge in [-0.1, -0.05) is 26.8 Å². The van der Waals surface area contributed by atoms with Crippen LogP contribution in [0.15, 0.2) is 18.2 Å². The second kappa shape index (κ2) is 8.17. The molecular weight excluding hydrogens is 288 g/mol. The van der Waals surface area contributed by atoms with Crippen molar-refractivity contribution in [3.05, 3.63) is 23.8 Å². The van der Waals surface area contributed by atoms with Gasteiger partial charge in [0.2, 0.25) is 0 Å². The van der Waals surface area contributed by atoms with Crippen molar-refractivity contribution < 1.29 is 19.0 Å². The van der Waals surface area contributed by atoms with Gasteiger partial charge in [-0.05, 0) is 24.6 Å². The molecule has 0 heterocycles. The Kier molecular flexibility index (Phi) is 6.89. The molecule has 118 valence electrons. The van der Waals surface area contributed by atoms with Gasteiger partial charge in [0, 0.05) is 4.75 Å². The van der Waals surface area contributed by atoms with Gasteiger partial charge in [-0.15, -0.1) is 11.8 Å². The Bertz CT molecular complexity index is 466. The number of carbonyl (C=O) groups is 1. The molecule has 0 spiro atoms. The van der Waals surface area contributed by atoms with Gasteiger partial charge in [0.25, 0.3) is 0 Å². The van der Waals surface area contributed by atoms with Gasteiger partial charge in [-0.25, -0.2) is 0 Å². The molecule has 0 aliphatic carbocycles. The third kappa shape index (κ3) is 6.76. The van der Waals surface area contributed by atoms with E-state index in [1.807, 2.05) is 25.1 Å². The first-order valence-corrected chi connectivity index (χ1v) is 7.93. The Morgan fingerprint density at radius 3 is 2.52 bits per heavy atom. The summed E-state index contributed by atoms with van der Waals surface area (Å²) in [6.45, 7) is 8.95. The van der Waals surface area contributed by atoms with Crippen molar-refractivity contribution >= 4 is 17.7 Å². The predicted molar refractivity (Wildman–Crippen MR) is 86.2 cm³/mol. The highest BCUT2D eigenvalue weighted by Gasteiger charge is 2.14. The fraction of sp³-hybridized carbons (Fsp3) is 0.562. The number of hydrogen-bond acceptors (Lipinski definition) is 5. The van der Waals surface area contributed by atoms with Crippen molar-refractivity contribution in [3.8, 4) is 11.5 Å². The number of esters is 1. The van der Waals surface area contributed by atoms with E-state index >= 15 is 0 Å². The Hall–Kier alpha value is -1.36. The van der Waals surface area contributed by atoms with E-state index in [9.17, 15) is 4.79 Å². The van der Waals surface area contributed by atoms with Crippen LogP contribution < -0.4 is 9.47 Å². The van der Waals surface area contributed by atoms with E-state index in [2.05, 4.69) is 20.8 Å². The van der Waals surface area contributed by atoms with Crippen LogP contribution in [0.4, 0.5) is 0 Å². The third-order valence-corrected chi connectivity index (χ3v) is 3.80. The molecule has 0 fully saturated rings. The summed E-state index contributed by atoms with van der Waals surface area (Å²) in [6, 6.07) is 5.53. The van der Waals surface area contributed by atoms with Gasteiger partial charge >= 0.3 is 5.97 Å². The van der Waals surface area contributed by atoms with Crippen LogP contribution in [0.25, 0.3) is 0 Å². The SMILES string of the molecule is CCOc1ccc(COC(=O)CSC(C)(C)C)cc1OC. The second-order valence-electron chi connectivity index (χ2n) is 5.48. The van der Waals surface area contributed by atoms with Crippen LogP contribution in [-0.2, 0) is 16.1 Å². The molecule has 0 bridgehead atoms. The molecule has 0 N–H and O–H groups in total. The number of methoxy groups -OCH3 is 1. The van der Waals surface area contributed by atoms with E-state index < -0.39 is 0 Å². The van der Waals surface area contributed by atoms with Crippen molar-refractivity contribution in [2.75, 3.05) is 19.5 Å². The van der Waals surface area contributed by atoms with Crippen LogP contribution in [0.5, 0.6) is 11.5 Å². The molecule has 0 aliphatic heterocycles. The van der Waals surface area contributed by atoms with Crippen molar-refractivity contribution in [1.29, 1.82) is 0 Å². The lowest BCUT2D eigenvalue weighted by atomic mass is 10.2. The zero-order chi connectivity index (χ0) is 15.9. The van der Waals surface area contributed by atoms with Crippen LogP contribution in [0.2, 0.25) is 0 Å². The first-order valence-electron chi connectivity index (χ1n) is 6.95. The van der Waals surface area contributed by atoms with E-state index in [0.717, 1.165) is 5.56 Å². The maximum absolute atomic E-state index is 11.7. The molecule has 0 aromatic heterocycles. The van der Waals surface area contributed by atoms with Gasteiger partial charge in [0.15, 0.2) is 11.5 Å². The Morgan fingerprint density at radius 2 is 1.95 bits per heavy atom. The summed E-state index contributed by atoms with van der Waals surface area (Å²) >= 11 is 1.57. The molecule has 4 nitrogen and oxygen atoms in total. The number of benzene rings is 1. The maximum atomic E-state index is 11.7. The number of thioether (sulfide) groups is 1. The molecule has 5 heteroatoms. The van der Waals surface area contributed by atoms with Gasteiger partial charge < -0.3 is 14.2 Å². The first kappa shape index (κ1) is 17.7. The molecule has 0 amide bonds. The topological polar surface area (TPSA) is 44.8 Å². The van der Waals surface area contributed by atoms with E-state index in [1.54, 1.807) is 18.9 Å². The largest absolute Gasteiger partial charge is 0.493 e. The average molecular weight is 312 g/mol. The molecule has 0 aliphatic rings. The van der Waals surface area contributed by atoms with Crippen molar-refractivity contribution in [3.63, 3.8) is 0 Å². The molecular formula is C16H24O4S. The number of ether oxygens (including phenoxy) is 3. The van der Waals surface area contributed by atoms with E-state index in [4.69, 9.17) is 14.2 Å². The minimum absolute atomic E-state index is 0.0569. The molecule has 0 saturated heterocycles. The first-order chi connectivity index (χ1) is 9.85. The highest BCUT2D eigenvalue weighted by atomic mass is 32.2. The molecule has 21 heavy (non-hydrogen) atoms. The molecule has 1 rings (SSSR count). The van der Waals surface area contributed by atoms with Crippen molar-refractivity contribution in [2.45, 2.75) is 39.0 Å². The summed E-state index contributed by atoms with van der Waals surface area (Å²) in [7, 11) is 1.59. The van der Waals surface area contributed by atoms with E-state index in [1.165, 1.54) is 0 Å². The molecule has 0 radical (unpaired) electrons. The third-order valence-electron chi connectivity index (χ3n) is 2.55. The summed E-state index contributed by atoms with van der Waals surface area (Å²) in [5, 5.41) is 0. The van der Waals surface area contributed by atoms with Crippen LogP contribution in [0, 0.1) is 0 Å². The molecule has 0 atom stereocenters. The minimum atomic E-state index is -0.206. The fourth-order valence-electron chi connectivity index (χ4n) is 1.56. The van der Waals surface area contributed by atoms with Crippen molar-refractivity contribution in [1.82, 2.24) is 0 Å². The van der Waals surface area contributed by atoms with E-state index in [-0.39, 0.29) is 17.3 Å². The Labute approximate surface area is 131 Å². The molecule has 0 unspecified atom stereocenters. The minimum Gasteiger partial charge on any atom is -0.493 e. The van der Waals surface area contributed by atoms with E-state index in [0.29, 0.717) is 23.9 Å². The van der Waals surface area contributed by atoms with Crippen LogP contribution >= 0.6 is 11.8 Å². The highest BCUT2D eigenvalue weighted by Crippen LogP contribution is 2.28. The zero-order valence-corrected chi connectivity index (χ0v) is 14.2. The lowest BCUT2D eigenvalue weighted by Crippen LogP contribution is -2.15. The molecule has 1 aromatic rings. The van der Waals surface area contributed by atoms with Crippen molar-refractivity contribution in [2.24, 2.45) is 0 Å². The Balaban J connectivity index is 2.53. The summed E-state index contributed by atoms with van der Waals surface area (Å²) in [4.78, 5) is 11.7. The number of carbonyl (C=O) groups excluding carboxylic acids is 1. The lowest BCUT2D eigenvalue weighted by Gasteiger charge is -2.16. The second-order valence-corrected chi connectivity index (χ2v) is 7.28. The lowest BCUT2D eigenvalue weighted by molar-refractivity contribution is -0.141. The van der Waals surface area contributed by atoms with Crippen LogP contribution in [-0.4, -0.2) is 30.2 Å².